The molecule has 0 atom stereocenters. The number of likely N-dealkylation sites (N-methyl/N-ethyl adjacent to an activating group) is 1. The van der Waals surface area contributed by atoms with E-state index in [2.05, 4.69) is 42.1 Å². The second-order valence-corrected chi connectivity index (χ2v) is 8.21. The molecule has 1 aliphatic heterocycles. The summed E-state index contributed by atoms with van der Waals surface area (Å²) < 4.78 is 36.9. The molecule has 2 aromatic rings. The summed E-state index contributed by atoms with van der Waals surface area (Å²) in [5.74, 6) is -0.979. The Morgan fingerprint density at radius 2 is 2.03 bits per heavy atom. The van der Waals surface area contributed by atoms with E-state index in [1.807, 2.05) is 27.8 Å². The van der Waals surface area contributed by atoms with Crippen LogP contribution in [0.1, 0.15) is 33.1 Å². The fourth-order valence-corrected chi connectivity index (χ4v) is 3.51. The Morgan fingerprint density at radius 1 is 1.24 bits per heavy atom. The monoisotopic (exact) mass is 520 g/mol. The molecule has 2 heterocycles. The lowest BCUT2D eigenvalue weighted by Gasteiger charge is -2.29. The molecule has 10 heteroatoms. The van der Waals surface area contributed by atoms with Crippen molar-refractivity contribution >= 4 is 33.2 Å². The highest BCUT2D eigenvalue weighted by Gasteiger charge is 2.30. The second-order valence-electron chi connectivity index (χ2n) is 7.30. The van der Waals surface area contributed by atoms with Gasteiger partial charge in [-0.1, -0.05) is 34.0 Å². The van der Waals surface area contributed by atoms with Crippen molar-refractivity contribution in [1.82, 2.24) is 20.4 Å². The van der Waals surface area contributed by atoms with E-state index in [0.717, 1.165) is 5.57 Å². The fraction of sp³-hybridized carbons (Fsp3) is 0.304. The first kappa shape index (κ1) is 24.7. The van der Waals surface area contributed by atoms with E-state index in [0.29, 0.717) is 35.3 Å². The molecular weight excluding hydrogens is 494 g/mol. The van der Waals surface area contributed by atoms with Gasteiger partial charge in [0, 0.05) is 30.0 Å². The molecular formula is C23H27BrF2N6O. The fourth-order valence-electron chi connectivity index (χ4n) is 3.18. The molecule has 0 radical (unpaired) electrons. The molecule has 33 heavy (non-hydrogen) atoms. The van der Waals surface area contributed by atoms with Crippen LogP contribution in [0.25, 0.3) is 5.57 Å². The number of rotatable bonds is 9. The zero-order valence-electron chi connectivity index (χ0n) is 19.0. The number of nitrogens with one attached hydrogen (secondary N) is 3. The predicted molar refractivity (Wildman–Crippen MR) is 130 cm³/mol. The molecule has 0 saturated heterocycles. The number of hydrogen-bond donors (Lipinski definition) is 3. The first-order valence-electron chi connectivity index (χ1n) is 10.6. The number of allylic oxidation sites excluding steroid dienone is 4. The van der Waals surface area contributed by atoms with Gasteiger partial charge in [0.2, 0.25) is 0 Å². The molecule has 7 nitrogen and oxygen atoms in total. The highest BCUT2D eigenvalue weighted by molar-refractivity contribution is 9.10. The summed E-state index contributed by atoms with van der Waals surface area (Å²) in [6, 6.07) is 4.72. The van der Waals surface area contributed by atoms with Crippen LogP contribution in [0.3, 0.4) is 0 Å². The van der Waals surface area contributed by atoms with Gasteiger partial charge in [-0.3, -0.25) is 0 Å². The molecule has 1 aromatic heterocycles. The largest absolute Gasteiger partial charge is 0.403 e. The van der Waals surface area contributed by atoms with Crippen molar-refractivity contribution in [2.75, 3.05) is 30.8 Å². The van der Waals surface area contributed by atoms with Crippen LogP contribution in [-0.4, -0.2) is 35.2 Å². The van der Waals surface area contributed by atoms with Crippen molar-refractivity contribution in [2.45, 2.75) is 27.2 Å². The lowest BCUT2D eigenvalue weighted by Crippen LogP contribution is -2.22. The second kappa shape index (κ2) is 11.2. The third-order valence-corrected chi connectivity index (χ3v) is 5.46. The summed E-state index contributed by atoms with van der Waals surface area (Å²) in [7, 11) is 1.83. The molecule has 0 saturated carbocycles. The van der Waals surface area contributed by atoms with Crippen LogP contribution >= 0.6 is 15.9 Å². The summed E-state index contributed by atoms with van der Waals surface area (Å²) in [6.45, 7) is 6.92. The van der Waals surface area contributed by atoms with E-state index in [4.69, 9.17) is 4.42 Å². The number of benzene rings is 1. The summed E-state index contributed by atoms with van der Waals surface area (Å²) in [5, 5.41) is 17.0. The van der Waals surface area contributed by atoms with Crippen molar-refractivity contribution in [1.29, 1.82) is 0 Å². The first-order valence-corrected chi connectivity index (χ1v) is 11.4. The molecule has 1 aromatic carbocycles. The Hall–Kier alpha value is -2.98. The Bertz CT molecular complexity index is 1120. The average molecular weight is 521 g/mol. The standard InChI is InChI=1S/C23H27BrF2N6O/c1-5-11-32-13-16(22-30-31-23(33-22)28-10-9-27-4)20(19(26)21(32)14(3)6-2)29-18-8-7-15(24)12-17(18)25/h5,7-8,11-13,27,29H,6,9-10H2,1-4H3,(H,28,31)/b11-5-,21-14+. The van der Waals surface area contributed by atoms with E-state index in [1.54, 1.807) is 29.4 Å². The maximum Gasteiger partial charge on any atom is 0.315 e. The van der Waals surface area contributed by atoms with Gasteiger partial charge >= 0.3 is 6.01 Å². The number of hydrogen-bond acceptors (Lipinski definition) is 7. The molecule has 0 fully saturated rings. The zero-order chi connectivity index (χ0) is 24.0. The maximum absolute atomic E-state index is 16.0. The van der Waals surface area contributed by atoms with E-state index < -0.39 is 11.6 Å². The Morgan fingerprint density at radius 3 is 2.70 bits per heavy atom. The predicted octanol–water partition coefficient (Wildman–Crippen LogP) is 5.77. The number of anilines is 2. The molecule has 0 unspecified atom stereocenters. The Kier molecular flexibility index (Phi) is 8.40. The van der Waals surface area contributed by atoms with Crippen LogP contribution in [0, 0.1) is 5.82 Å². The molecule has 3 rings (SSSR count). The van der Waals surface area contributed by atoms with E-state index in [1.165, 1.54) is 12.1 Å². The Labute approximate surface area is 200 Å². The minimum Gasteiger partial charge on any atom is -0.403 e. The number of aromatic nitrogens is 2. The molecule has 0 aliphatic carbocycles. The molecule has 3 N–H and O–H groups in total. The van der Waals surface area contributed by atoms with Crippen LogP contribution in [0.15, 0.2) is 68.4 Å². The lowest BCUT2D eigenvalue weighted by molar-refractivity contribution is 0.514. The van der Waals surface area contributed by atoms with Gasteiger partial charge in [0.25, 0.3) is 5.89 Å². The zero-order valence-corrected chi connectivity index (χ0v) is 20.6. The summed E-state index contributed by atoms with van der Waals surface area (Å²) in [4.78, 5) is 1.67. The highest BCUT2D eigenvalue weighted by atomic mass is 79.9. The SMILES string of the molecule is C/C=C\N1C=C(c2nnc(NCCNC)o2)C(Nc2ccc(Br)cc2F)=C(F)/C1=C(/C)CC. The topological polar surface area (TPSA) is 78.2 Å². The molecule has 0 bridgehead atoms. The van der Waals surface area contributed by atoms with Gasteiger partial charge in [0.1, 0.15) is 5.82 Å². The highest BCUT2D eigenvalue weighted by Crippen LogP contribution is 2.39. The van der Waals surface area contributed by atoms with Crippen molar-refractivity contribution in [3.63, 3.8) is 0 Å². The molecule has 176 valence electrons. The van der Waals surface area contributed by atoms with E-state index in [9.17, 15) is 4.39 Å². The van der Waals surface area contributed by atoms with Gasteiger partial charge in [0.15, 0.2) is 5.83 Å². The number of halogens is 3. The van der Waals surface area contributed by atoms with Crippen molar-refractivity contribution < 1.29 is 13.2 Å². The van der Waals surface area contributed by atoms with Crippen molar-refractivity contribution in [2.24, 2.45) is 0 Å². The lowest BCUT2D eigenvalue weighted by atomic mass is 10.0. The summed E-state index contributed by atoms with van der Waals surface area (Å²) in [6.07, 6.45) is 5.88. The van der Waals surface area contributed by atoms with E-state index >= 15 is 4.39 Å². The minimum atomic E-state index is -0.546. The first-order chi connectivity index (χ1) is 15.9. The van der Waals surface area contributed by atoms with Crippen LogP contribution in [0.2, 0.25) is 0 Å². The van der Waals surface area contributed by atoms with Gasteiger partial charge in [0.05, 0.1) is 22.7 Å². The van der Waals surface area contributed by atoms with Crippen molar-refractivity contribution in [3.8, 4) is 0 Å². The number of nitrogens with zero attached hydrogens (tertiary/aromatic N) is 3. The molecule has 0 spiro atoms. The van der Waals surface area contributed by atoms with Crippen LogP contribution in [-0.2, 0) is 0 Å². The van der Waals surface area contributed by atoms with Gasteiger partial charge in [-0.05, 0) is 51.1 Å². The Balaban J connectivity index is 2.10. The normalized spacial score (nSPS) is 15.8. The molecule has 1 aliphatic rings. The average Bonchev–Trinajstić information content (AvgIpc) is 3.25. The maximum atomic E-state index is 16.0. The third kappa shape index (κ3) is 5.69. The van der Waals surface area contributed by atoms with Crippen LogP contribution in [0.4, 0.5) is 20.5 Å². The quantitative estimate of drug-likeness (QED) is 0.362. The van der Waals surface area contributed by atoms with Crippen LogP contribution in [0.5, 0.6) is 0 Å². The minimum absolute atomic E-state index is 0.0465. The van der Waals surface area contributed by atoms with Gasteiger partial charge in [-0.25, -0.2) is 8.78 Å². The summed E-state index contributed by atoms with van der Waals surface area (Å²) in [5.41, 5.74) is 1.68. The van der Waals surface area contributed by atoms with E-state index in [-0.39, 0.29) is 23.3 Å². The van der Waals surface area contributed by atoms with Crippen molar-refractivity contribution in [3.05, 3.63) is 75.6 Å². The van der Waals surface area contributed by atoms with Crippen LogP contribution < -0.4 is 16.0 Å². The van der Waals surface area contributed by atoms with Gasteiger partial charge in [-0.2, -0.15) is 0 Å². The summed E-state index contributed by atoms with van der Waals surface area (Å²) >= 11 is 3.24. The van der Waals surface area contributed by atoms with Gasteiger partial charge < -0.3 is 25.3 Å². The third-order valence-electron chi connectivity index (χ3n) is 4.96. The van der Waals surface area contributed by atoms with Gasteiger partial charge in [-0.15, -0.1) is 5.10 Å². The smallest absolute Gasteiger partial charge is 0.315 e. The molecule has 0 amide bonds.